The van der Waals surface area contributed by atoms with Crippen molar-refractivity contribution < 1.29 is 9.84 Å². The lowest BCUT2D eigenvalue weighted by Crippen LogP contribution is -2.20. The molecule has 0 amide bonds. The first-order valence-electron chi connectivity index (χ1n) is 8.50. The molecule has 3 rings (SSSR count). The number of ether oxygens (including phenoxy) is 1. The third kappa shape index (κ3) is 4.83. The lowest BCUT2D eigenvalue weighted by Gasteiger charge is -2.13. The molecule has 26 heavy (non-hydrogen) atoms. The highest BCUT2D eigenvalue weighted by Crippen LogP contribution is 2.23. The van der Waals surface area contributed by atoms with E-state index in [9.17, 15) is 5.11 Å². The highest BCUT2D eigenvalue weighted by Gasteiger charge is 2.13. The highest BCUT2D eigenvalue weighted by molar-refractivity contribution is 7.99. The van der Waals surface area contributed by atoms with Crippen molar-refractivity contribution in [3.05, 3.63) is 54.6 Å². The summed E-state index contributed by atoms with van der Waals surface area (Å²) >= 11 is 1.42. The molecule has 2 aromatic carbocycles. The Morgan fingerprint density at radius 3 is 2.42 bits per heavy atom. The van der Waals surface area contributed by atoms with Crippen molar-refractivity contribution in [2.45, 2.75) is 31.1 Å². The van der Waals surface area contributed by atoms with E-state index in [1.807, 2.05) is 56.3 Å². The molecule has 0 saturated carbocycles. The van der Waals surface area contributed by atoms with Crippen LogP contribution in [0, 0.1) is 0 Å². The van der Waals surface area contributed by atoms with Gasteiger partial charge in [0.25, 0.3) is 0 Å². The summed E-state index contributed by atoms with van der Waals surface area (Å²) in [5.41, 5.74) is 2.30. The molecule has 7 heteroatoms. The first-order chi connectivity index (χ1) is 12.6. The van der Waals surface area contributed by atoms with Crippen LogP contribution >= 0.6 is 11.8 Å². The van der Waals surface area contributed by atoms with Gasteiger partial charge in [-0.25, -0.2) is 4.68 Å². The van der Waals surface area contributed by atoms with Gasteiger partial charge >= 0.3 is 0 Å². The molecule has 0 radical (unpaired) electrons. The van der Waals surface area contributed by atoms with Crippen molar-refractivity contribution in [1.29, 1.82) is 0 Å². The summed E-state index contributed by atoms with van der Waals surface area (Å²) in [5.74, 6) is 1.20. The molecule has 1 N–H and O–H groups in total. The van der Waals surface area contributed by atoms with Crippen LogP contribution in [0.25, 0.3) is 11.1 Å². The second-order valence-electron chi connectivity index (χ2n) is 6.17. The molecule has 0 aliphatic heterocycles. The average molecular weight is 370 g/mol. The van der Waals surface area contributed by atoms with E-state index in [1.54, 1.807) is 4.68 Å². The lowest BCUT2D eigenvalue weighted by molar-refractivity contribution is 0.126. The number of rotatable bonds is 8. The molecule has 1 atom stereocenters. The van der Waals surface area contributed by atoms with E-state index in [0.29, 0.717) is 10.9 Å². The molecule has 1 heterocycles. The molecule has 0 fully saturated rings. The smallest absolute Gasteiger partial charge is 0.209 e. The van der Waals surface area contributed by atoms with Crippen molar-refractivity contribution >= 4 is 11.8 Å². The second-order valence-corrected chi connectivity index (χ2v) is 7.15. The van der Waals surface area contributed by atoms with E-state index in [2.05, 4.69) is 27.7 Å². The van der Waals surface area contributed by atoms with Crippen LogP contribution in [0.5, 0.6) is 5.75 Å². The molecule has 6 nitrogen and oxygen atoms in total. The number of tetrazole rings is 1. The Morgan fingerprint density at radius 2 is 1.73 bits per heavy atom. The van der Waals surface area contributed by atoms with Crippen LogP contribution in [0.4, 0.5) is 0 Å². The Labute approximate surface area is 157 Å². The van der Waals surface area contributed by atoms with Gasteiger partial charge in [-0.1, -0.05) is 54.2 Å². The number of thioether (sulfide) groups is 1. The molecular formula is C19H22N4O2S. The van der Waals surface area contributed by atoms with Gasteiger partial charge in [0, 0.05) is 5.75 Å². The third-order valence-electron chi connectivity index (χ3n) is 3.76. The first kappa shape index (κ1) is 18.4. The van der Waals surface area contributed by atoms with Gasteiger partial charge in [0.05, 0.1) is 12.1 Å². The fourth-order valence-electron chi connectivity index (χ4n) is 2.39. The zero-order valence-electron chi connectivity index (χ0n) is 14.8. The summed E-state index contributed by atoms with van der Waals surface area (Å²) in [6.07, 6.45) is -0.605. The van der Waals surface area contributed by atoms with Gasteiger partial charge in [-0.3, -0.25) is 0 Å². The Bertz CT molecular complexity index is 806. The van der Waals surface area contributed by atoms with E-state index >= 15 is 0 Å². The monoisotopic (exact) mass is 370 g/mol. The third-order valence-corrected chi connectivity index (χ3v) is 4.84. The van der Waals surface area contributed by atoms with Crippen molar-refractivity contribution in [3.8, 4) is 16.9 Å². The molecule has 1 aromatic heterocycles. The maximum atomic E-state index is 10.1. The topological polar surface area (TPSA) is 73.1 Å². The number of aromatic nitrogens is 4. The number of hydrogen-bond acceptors (Lipinski definition) is 6. The molecule has 0 spiro atoms. The quantitative estimate of drug-likeness (QED) is 0.612. The van der Waals surface area contributed by atoms with Crippen LogP contribution in [0.15, 0.2) is 59.8 Å². The SMILES string of the molecule is CC(C)n1nnnc1SCC(O)COc1ccc(-c2ccccc2)cc1. The molecule has 3 aromatic rings. The summed E-state index contributed by atoms with van der Waals surface area (Å²) in [5, 5.41) is 22.4. The van der Waals surface area contributed by atoms with Crippen LogP contribution in [0.1, 0.15) is 19.9 Å². The molecule has 0 aliphatic carbocycles. The van der Waals surface area contributed by atoms with Crippen LogP contribution in [0.3, 0.4) is 0 Å². The zero-order valence-corrected chi connectivity index (χ0v) is 15.6. The minimum absolute atomic E-state index is 0.184. The largest absolute Gasteiger partial charge is 0.491 e. The van der Waals surface area contributed by atoms with Gasteiger partial charge in [0.2, 0.25) is 5.16 Å². The predicted molar refractivity (Wildman–Crippen MR) is 102 cm³/mol. The number of benzene rings is 2. The second kappa shape index (κ2) is 8.82. The standard InChI is InChI=1S/C19H22N4O2S/c1-14(2)23-19(20-21-22-23)26-13-17(24)12-25-18-10-8-16(9-11-18)15-6-4-3-5-7-15/h3-11,14,17,24H,12-13H2,1-2H3. The molecular weight excluding hydrogens is 348 g/mol. The highest BCUT2D eigenvalue weighted by atomic mass is 32.2. The maximum Gasteiger partial charge on any atom is 0.209 e. The van der Waals surface area contributed by atoms with Crippen LogP contribution in [0.2, 0.25) is 0 Å². The van der Waals surface area contributed by atoms with E-state index < -0.39 is 6.10 Å². The number of nitrogens with zero attached hydrogens (tertiary/aromatic N) is 4. The first-order valence-corrected chi connectivity index (χ1v) is 9.49. The van der Waals surface area contributed by atoms with Crippen LogP contribution in [-0.4, -0.2) is 43.8 Å². The Hall–Kier alpha value is -2.38. The van der Waals surface area contributed by atoms with Crippen molar-refractivity contribution in [3.63, 3.8) is 0 Å². The normalized spacial score (nSPS) is 12.3. The van der Waals surface area contributed by atoms with Gasteiger partial charge in [0.15, 0.2) is 0 Å². The number of hydrogen-bond donors (Lipinski definition) is 1. The minimum Gasteiger partial charge on any atom is -0.491 e. The van der Waals surface area contributed by atoms with Gasteiger partial charge in [0.1, 0.15) is 12.4 Å². The number of aliphatic hydroxyl groups excluding tert-OH is 1. The Morgan fingerprint density at radius 1 is 1.04 bits per heavy atom. The van der Waals surface area contributed by atoms with Crippen LogP contribution < -0.4 is 4.74 Å². The fourth-order valence-corrected chi connectivity index (χ4v) is 3.30. The van der Waals surface area contributed by atoms with Crippen molar-refractivity contribution in [2.24, 2.45) is 0 Å². The van der Waals surface area contributed by atoms with Gasteiger partial charge in [-0.05, 0) is 47.5 Å². The van der Waals surface area contributed by atoms with Gasteiger partial charge in [-0.15, -0.1) is 5.10 Å². The molecule has 0 saturated heterocycles. The van der Waals surface area contributed by atoms with E-state index in [-0.39, 0.29) is 12.6 Å². The number of aliphatic hydroxyl groups is 1. The summed E-state index contributed by atoms with van der Waals surface area (Å²) in [4.78, 5) is 0. The van der Waals surface area contributed by atoms with Crippen molar-refractivity contribution in [2.75, 3.05) is 12.4 Å². The molecule has 0 bridgehead atoms. The zero-order chi connectivity index (χ0) is 18.4. The molecule has 0 aliphatic rings. The summed E-state index contributed by atoms with van der Waals surface area (Å²) < 4.78 is 7.42. The average Bonchev–Trinajstić information content (AvgIpc) is 3.15. The van der Waals surface area contributed by atoms with Crippen molar-refractivity contribution in [1.82, 2.24) is 20.2 Å². The van der Waals surface area contributed by atoms with Gasteiger partial charge in [-0.2, -0.15) is 0 Å². The maximum absolute atomic E-state index is 10.1. The minimum atomic E-state index is -0.605. The van der Waals surface area contributed by atoms with Crippen LogP contribution in [-0.2, 0) is 0 Å². The summed E-state index contributed by atoms with van der Waals surface area (Å²) in [6.45, 7) is 4.25. The fraction of sp³-hybridized carbons (Fsp3) is 0.316. The summed E-state index contributed by atoms with van der Waals surface area (Å²) in [6, 6.07) is 18.2. The van der Waals surface area contributed by atoms with E-state index in [0.717, 1.165) is 11.3 Å². The van der Waals surface area contributed by atoms with E-state index in [1.165, 1.54) is 17.3 Å². The lowest BCUT2D eigenvalue weighted by atomic mass is 10.1. The Balaban J connectivity index is 1.48. The Kier molecular flexibility index (Phi) is 6.25. The molecule has 1 unspecified atom stereocenters. The van der Waals surface area contributed by atoms with E-state index in [4.69, 9.17) is 4.74 Å². The van der Waals surface area contributed by atoms with Gasteiger partial charge < -0.3 is 9.84 Å². The predicted octanol–water partition coefficient (Wildman–Crippen LogP) is 3.45. The molecule has 136 valence electrons. The summed E-state index contributed by atoms with van der Waals surface area (Å²) in [7, 11) is 0.